The molecular formula is C12H17N3O2. The van der Waals surface area contributed by atoms with Crippen molar-refractivity contribution in [2.75, 3.05) is 24.3 Å². The average molecular weight is 235 g/mol. The summed E-state index contributed by atoms with van der Waals surface area (Å²) < 4.78 is 5.35. The summed E-state index contributed by atoms with van der Waals surface area (Å²) in [6.07, 6.45) is 0.910. The van der Waals surface area contributed by atoms with Gasteiger partial charge >= 0.3 is 0 Å². The highest BCUT2D eigenvalue weighted by Crippen LogP contribution is 2.28. The molecule has 0 aromatic heterocycles. The molecule has 0 bridgehead atoms. The monoisotopic (exact) mass is 235 g/mol. The number of nitrogen functional groups attached to an aromatic ring is 1. The molecule has 1 atom stereocenters. The molecule has 1 aromatic carbocycles. The van der Waals surface area contributed by atoms with Gasteiger partial charge in [-0.3, -0.25) is 4.79 Å². The lowest BCUT2D eigenvalue weighted by Crippen LogP contribution is -2.35. The molecule has 5 heteroatoms. The summed E-state index contributed by atoms with van der Waals surface area (Å²) >= 11 is 0. The van der Waals surface area contributed by atoms with Crippen molar-refractivity contribution >= 4 is 17.3 Å². The van der Waals surface area contributed by atoms with Gasteiger partial charge < -0.3 is 21.5 Å². The summed E-state index contributed by atoms with van der Waals surface area (Å²) in [4.78, 5) is 11.1. The van der Waals surface area contributed by atoms with Crippen LogP contribution in [0.4, 0.5) is 11.4 Å². The molecule has 1 aromatic rings. The standard InChI is InChI=1S/C12H17N3O2/c1-12(4-5-17-7-12)15-10-6-8(11(14)16)2-3-9(10)13/h2-3,6,15H,4-5,7,13H2,1H3,(H2,14,16). The fourth-order valence-corrected chi connectivity index (χ4v) is 1.91. The van der Waals surface area contributed by atoms with E-state index in [1.54, 1.807) is 18.2 Å². The third-order valence-electron chi connectivity index (χ3n) is 2.99. The molecule has 1 aliphatic rings. The first-order chi connectivity index (χ1) is 8.00. The van der Waals surface area contributed by atoms with Crippen LogP contribution in [-0.2, 0) is 4.74 Å². The van der Waals surface area contributed by atoms with Crippen molar-refractivity contribution < 1.29 is 9.53 Å². The van der Waals surface area contributed by atoms with Gasteiger partial charge in [0.25, 0.3) is 0 Å². The Morgan fingerprint density at radius 1 is 1.53 bits per heavy atom. The molecular weight excluding hydrogens is 218 g/mol. The van der Waals surface area contributed by atoms with Crippen molar-refractivity contribution in [2.45, 2.75) is 18.9 Å². The SMILES string of the molecule is CC1(Nc2cc(C(N)=O)ccc2N)CCOC1. The predicted molar refractivity (Wildman–Crippen MR) is 66.8 cm³/mol. The van der Waals surface area contributed by atoms with Gasteiger partial charge in [0, 0.05) is 12.2 Å². The maximum Gasteiger partial charge on any atom is 0.248 e. The van der Waals surface area contributed by atoms with E-state index in [9.17, 15) is 4.79 Å². The molecule has 0 saturated carbocycles. The highest BCUT2D eigenvalue weighted by Gasteiger charge is 2.29. The fourth-order valence-electron chi connectivity index (χ4n) is 1.91. The van der Waals surface area contributed by atoms with Crippen LogP contribution in [0, 0.1) is 0 Å². The smallest absolute Gasteiger partial charge is 0.248 e. The Bertz CT molecular complexity index is 439. The second-order valence-corrected chi connectivity index (χ2v) is 4.65. The quantitative estimate of drug-likeness (QED) is 0.680. The molecule has 1 fully saturated rings. The normalized spacial score (nSPS) is 23.6. The van der Waals surface area contributed by atoms with E-state index in [2.05, 4.69) is 12.2 Å². The van der Waals surface area contributed by atoms with Crippen LogP contribution in [-0.4, -0.2) is 24.7 Å². The first-order valence-electron chi connectivity index (χ1n) is 5.55. The van der Waals surface area contributed by atoms with Crippen molar-refractivity contribution in [2.24, 2.45) is 5.73 Å². The van der Waals surface area contributed by atoms with E-state index in [1.807, 2.05) is 0 Å². The summed E-state index contributed by atoms with van der Waals surface area (Å²) in [6.45, 7) is 3.43. The summed E-state index contributed by atoms with van der Waals surface area (Å²) in [5, 5.41) is 3.32. The second-order valence-electron chi connectivity index (χ2n) is 4.65. The van der Waals surface area contributed by atoms with E-state index in [0.717, 1.165) is 18.7 Å². The molecule has 0 radical (unpaired) electrons. The van der Waals surface area contributed by atoms with Crippen LogP contribution in [0.2, 0.25) is 0 Å². The first kappa shape index (κ1) is 11.7. The molecule has 92 valence electrons. The highest BCUT2D eigenvalue weighted by atomic mass is 16.5. The molecule has 1 heterocycles. The van der Waals surface area contributed by atoms with Crippen molar-refractivity contribution in [3.63, 3.8) is 0 Å². The van der Waals surface area contributed by atoms with Gasteiger partial charge in [0.2, 0.25) is 5.91 Å². The van der Waals surface area contributed by atoms with Gasteiger partial charge in [0.1, 0.15) is 0 Å². The summed E-state index contributed by atoms with van der Waals surface area (Å²) in [6, 6.07) is 4.99. The lowest BCUT2D eigenvalue weighted by atomic mass is 10.0. The number of carbonyl (C=O) groups is 1. The maximum atomic E-state index is 11.1. The molecule has 0 spiro atoms. The number of amides is 1. The number of primary amides is 1. The van der Waals surface area contributed by atoms with E-state index in [4.69, 9.17) is 16.2 Å². The minimum Gasteiger partial charge on any atom is -0.397 e. The molecule has 5 nitrogen and oxygen atoms in total. The Balaban J connectivity index is 2.25. The zero-order valence-electron chi connectivity index (χ0n) is 9.82. The first-order valence-corrected chi connectivity index (χ1v) is 5.55. The summed E-state index contributed by atoms with van der Waals surface area (Å²) in [5.74, 6) is -0.458. The number of hydrogen-bond donors (Lipinski definition) is 3. The number of rotatable bonds is 3. The Morgan fingerprint density at radius 3 is 2.88 bits per heavy atom. The molecule has 5 N–H and O–H groups in total. The highest BCUT2D eigenvalue weighted by molar-refractivity contribution is 5.95. The number of nitrogens with one attached hydrogen (secondary N) is 1. The van der Waals surface area contributed by atoms with Gasteiger partial charge in [-0.2, -0.15) is 0 Å². The zero-order valence-corrected chi connectivity index (χ0v) is 9.82. The topological polar surface area (TPSA) is 90.4 Å². The average Bonchev–Trinajstić information content (AvgIpc) is 2.68. The van der Waals surface area contributed by atoms with Crippen molar-refractivity contribution in [1.82, 2.24) is 0 Å². The number of nitrogens with two attached hydrogens (primary N) is 2. The van der Waals surface area contributed by atoms with E-state index in [1.165, 1.54) is 0 Å². The minimum atomic E-state index is -0.458. The van der Waals surface area contributed by atoms with Crippen LogP contribution in [0.3, 0.4) is 0 Å². The second kappa shape index (κ2) is 4.25. The van der Waals surface area contributed by atoms with Gasteiger partial charge in [-0.1, -0.05) is 0 Å². The predicted octanol–water partition coefficient (Wildman–Crippen LogP) is 0.959. The van der Waals surface area contributed by atoms with Gasteiger partial charge in [0.15, 0.2) is 0 Å². The third kappa shape index (κ3) is 2.50. The van der Waals surface area contributed by atoms with Gasteiger partial charge in [-0.25, -0.2) is 0 Å². The summed E-state index contributed by atoms with van der Waals surface area (Å²) in [5.41, 5.74) is 12.8. The van der Waals surface area contributed by atoms with Crippen LogP contribution in [0.5, 0.6) is 0 Å². The third-order valence-corrected chi connectivity index (χ3v) is 2.99. The van der Waals surface area contributed by atoms with E-state index >= 15 is 0 Å². The molecule has 2 rings (SSSR count). The van der Waals surface area contributed by atoms with Crippen molar-refractivity contribution in [3.05, 3.63) is 23.8 Å². The van der Waals surface area contributed by atoms with Crippen LogP contribution in [0.15, 0.2) is 18.2 Å². The van der Waals surface area contributed by atoms with E-state index in [0.29, 0.717) is 17.9 Å². The Kier molecular flexibility index (Phi) is 2.93. The number of hydrogen-bond acceptors (Lipinski definition) is 4. The van der Waals surface area contributed by atoms with E-state index < -0.39 is 5.91 Å². The molecule has 17 heavy (non-hydrogen) atoms. The number of ether oxygens (including phenoxy) is 1. The van der Waals surface area contributed by atoms with Crippen LogP contribution < -0.4 is 16.8 Å². The van der Waals surface area contributed by atoms with Crippen LogP contribution >= 0.6 is 0 Å². The summed E-state index contributed by atoms with van der Waals surface area (Å²) in [7, 11) is 0. The van der Waals surface area contributed by atoms with Gasteiger partial charge in [-0.15, -0.1) is 0 Å². The number of anilines is 2. The molecule has 1 saturated heterocycles. The minimum absolute atomic E-state index is 0.135. The lowest BCUT2D eigenvalue weighted by Gasteiger charge is -2.26. The van der Waals surface area contributed by atoms with Crippen molar-refractivity contribution in [3.8, 4) is 0 Å². The maximum absolute atomic E-state index is 11.1. The lowest BCUT2D eigenvalue weighted by molar-refractivity contribution is 0.100. The molecule has 1 amide bonds. The van der Waals surface area contributed by atoms with Crippen molar-refractivity contribution in [1.29, 1.82) is 0 Å². The Morgan fingerprint density at radius 2 is 2.29 bits per heavy atom. The Hall–Kier alpha value is -1.75. The molecule has 0 aliphatic carbocycles. The molecule has 1 aliphatic heterocycles. The fraction of sp³-hybridized carbons (Fsp3) is 0.417. The number of carbonyl (C=O) groups excluding carboxylic acids is 1. The van der Waals surface area contributed by atoms with Crippen LogP contribution in [0.25, 0.3) is 0 Å². The zero-order chi connectivity index (χ0) is 12.5. The van der Waals surface area contributed by atoms with Gasteiger partial charge in [-0.05, 0) is 31.5 Å². The number of benzene rings is 1. The largest absolute Gasteiger partial charge is 0.397 e. The van der Waals surface area contributed by atoms with Gasteiger partial charge in [0.05, 0.1) is 23.5 Å². The van der Waals surface area contributed by atoms with E-state index in [-0.39, 0.29) is 5.54 Å². The van der Waals surface area contributed by atoms with Crippen LogP contribution in [0.1, 0.15) is 23.7 Å². The Labute approximate surface area is 100 Å². The molecule has 1 unspecified atom stereocenters.